The zero-order valence-corrected chi connectivity index (χ0v) is 14.4. The smallest absolute Gasteiger partial charge is 0.268 e. The molecule has 5 nitrogen and oxygen atoms in total. The minimum absolute atomic E-state index is 0.0314. The van der Waals surface area contributed by atoms with Gasteiger partial charge >= 0.3 is 0 Å². The van der Waals surface area contributed by atoms with E-state index in [1.807, 2.05) is 30.3 Å². The van der Waals surface area contributed by atoms with Crippen molar-refractivity contribution in [3.05, 3.63) is 65.5 Å². The molecule has 2 aromatic carbocycles. The fourth-order valence-corrected chi connectivity index (χ4v) is 4.12. The Labute approximate surface area is 150 Å². The first-order chi connectivity index (χ1) is 12.8. The molecule has 1 atom stereocenters. The molecule has 1 aliphatic heterocycles. The number of rotatable bonds is 2. The molecule has 3 heterocycles. The summed E-state index contributed by atoms with van der Waals surface area (Å²) in [5.41, 5.74) is 5.02. The maximum Gasteiger partial charge on any atom is 0.268 e. The van der Waals surface area contributed by atoms with Crippen LogP contribution in [0.5, 0.6) is 5.75 Å². The molecule has 2 aromatic heterocycles. The molecule has 1 amide bonds. The number of aromatic amines is 2. The third-order valence-corrected chi connectivity index (χ3v) is 5.34. The van der Waals surface area contributed by atoms with E-state index in [4.69, 9.17) is 4.74 Å². The lowest BCUT2D eigenvalue weighted by Crippen LogP contribution is -2.23. The molecule has 0 saturated heterocycles. The molecule has 0 bridgehead atoms. The van der Waals surface area contributed by atoms with Gasteiger partial charge in [-0.2, -0.15) is 0 Å². The van der Waals surface area contributed by atoms with Crippen molar-refractivity contribution in [2.24, 2.45) is 0 Å². The van der Waals surface area contributed by atoms with Gasteiger partial charge in [0.1, 0.15) is 11.4 Å². The van der Waals surface area contributed by atoms with Crippen molar-refractivity contribution < 1.29 is 9.53 Å². The minimum Gasteiger partial charge on any atom is -0.497 e. The summed E-state index contributed by atoms with van der Waals surface area (Å²) < 4.78 is 5.41. The van der Waals surface area contributed by atoms with Gasteiger partial charge in [-0.05, 0) is 41.8 Å². The fraction of sp³-hybridized carbons (Fsp3) is 0.190. The summed E-state index contributed by atoms with van der Waals surface area (Å²) in [6.45, 7) is 0.650. The summed E-state index contributed by atoms with van der Waals surface area (Å²) in [5, 5.41) is 5.27. The quantitative estimate of drug-likeness (QED) is 0.515. The summed E-state index contributed by atoms with van der Waals surface area (Å²) in [6, 6.07) is 14.2. The lowest BCUT2D eigenvalue weighted by Gasteiger charge is -2.15. The van der Waals surface area contributed by atoms with Crippen molar-refractivity contribution in [2.75, 3.05) is 13.7 Å². The molecule has 5 rings (SSSR count). The van der Waals surface area contributed by atoms with E-state index in [-0.39, 0.29) is 11.8 Å². The Bertz CT molecular complexity index is 1140. The third kappa shape index (κ3) is 2.13. The number of ether oxygens (including phenoxy) is 1. The average molecular weight is 345 g/mol. The second-order valence-electron chi connectivity index (χ2n) is 6.71. The van der Waals surface area contributed by atoms with Crippen molar-refractivity contribution in [1.29, 1.82) is 0 Å². The SMILES string of the molecule is COc1ccc2[nH]cc([C@@H]3CCNC(=O)c4[nH]c5ccccc5c43)c2c1. The molecule has 3 N–H and O–H groups in total. The van der Waals surface area contributed by atoms with Gasteiger partial charge < -0.3 is 20.0 Å². The van der Waals surface area contributed by atoms with Crippen LogP contribution in [0.1, 0.15) is 34.0 Å². The second-order valence-corrected chi connectivity index (χ2v) is 6.71. The highest BCUT2D eigenvalue weighted by Gasteiger charge is 2.30. The van der Waals surface area contributed by atoms with Crippen LogP contribution in [0, 0.1) is 0 Å². The third-order valence-electron chi connectivity index (χ3n) is 5.34. The number of fused-ring (bicyclic) bond motifs is 4. The van der Waals surface area contributed by atoms with Crippen LogP contribution >= 0.6 is 0 Å². The molecule has 0 radical (unpaired) electrons. The van der Waals surface area contributed by atoms with Crippen LogP contribution in [0.4, 0.5) is 0 Å². The topological polar surface area (TPSA) is 69.9 Å². The van der Waals surface area contributed by atoms with Gasteiger partial charge in [-0.1, -0.05) is 18.2 Å². The Morgan fingerprint density at radius 3 is 2.85 bits per heavy atom. The highest BCUT2D eigenvalue weighted by atomic mass is 16.5. The van der Waals surface area contributed by atoms with E-state index in [1.165, 1.54) is 5.56 Å². The molecule has 26 heavy (non-hydrogen) atoms. The number of methoxy groups -OCH3 is 1. The zero-order chi connectivity index (χ0) is 17.7. The monoisotopic (exact) mass is 345 g/mol. The van der Waals surface area contributed by atoms with Crippen LogP contribution in [-0.2, 0) is 0 Å². The molecule has 0 spiro atoms. The molecular weight excluding hydrogens is 326 g/mol. The van der Waals surface area contributed by atoms with E-state index in [0.29, 0.717) is 12.2 Å². The van der Waals surface area contributed by atoms with E-state index in [9.17, 15) is 4.79 Å². The Morgan fingerprint density at radius 2 is 1.96 bits per heavy atom. The highest BCUT2D eigenvalue weighted by Crippen LogP contribution is 2.40. The molecule has 0 fully saturated rings. The van der Waals surface area contributed by atoms with Gasteiger partial charge in [-0.15, -0.1) is 0 Å². The number of amides is 1. The first-order valence-electron chi connectivity index (χ1n) is 8.80. The summed E-state index contributed by atoms with van der Waals surface area (Å²) in [7, 11) is 1.68. The molecule has 0 unspecified atom stereocenters. The van der Waals surface area contributed by atoms with Crippen LogP contribution in [0.15, 0.2) is 48.7 Å². The molecule has 0 saturated carbocycles. The van der Waals surface area contributed by atoms with Gasteiger partial charge in [-0.3, -0.25) is 4.79 Å². The Balaban J connectivity index is 1.78. The predicted molar refractivity (Wildman–Crippen MR) is 102 cm³/mol. The number of carbonyl (C=O) groups excluding carboxylic acids is 1. The van der Waals surface area contributed by atoms with Gasteiger partial charge in [0.25, 0.3) is 5.91 Å². The largest absolute Gasteiger partial charge is 0.497 e. The summed E-state index contributed by atoms with van der Waals surface area (Å²) >= 11 is 0. The number of hydrogen-bond acceptors (Lipinski definition) is 2. The van der Waals surface area contributed by atoms with Crippen LogP contribution in [0.25, 0.3) is 21.8 Å². The van der Waals surface area contributed by atoms with Gasteiger partial charge in [0, 0.05) is 40.5 Å². The number of para-hydroxylation sites is 1. The van der Waals surface area contributed by atoms with Gasteiger partial charge in [-0.25, -0.2) is 0 Å². The number of hydrogen-bond donors (Lipinski definition) is 3. The lowest BCUT2D eigenvalue weighted by atomic mass is 9.87. The summed E-state index contributed by atoms with van der Waals surface area (Å²) in [5.74, 6) is 0.928. The Hall–Kier alpha value is -3.21. The molecule has 5 heteroatoms. The van der Waals surface area contributed by atoms with Crippen molar-refractivity contribution in [3.63, 3.8) is 0 Å². The van der Waals surface area contributed by atoms with Crippen molar-refractivity contribution in [1.82, 2.24) is 15.3 Å². The minimum atomic E-state index is -0.0314. The number of benzene rings is 2. The number of H-pyrrole nitrogens is 2. The van der Waals surface area contributed by atoms with E-state index in [2.05, 4.69) is 33.6 Å². The zero-order valence-electron chi connectivity index (χ0n) is 14.4. The van der Waals surface area contributed by atoms with E-state index < -0.39 is 0 Å². The van der Waals surface area contributed by atoms with Crippen LogP contribution < -0.4 is 10.1 Å². The van der Waals surface area contributed by atoms with E-state index >= 15 is 0 Å². The lowest BCUT2D eigenvalue weighted by molar-refractivity contribution is 0.0952. The molecule has 4 aromatic rings. The molecule has 0 aliphatic carbocycles. The van der Waals surface area contributed by atoms with E-state index in [0.717, 1.165) is 39.5 Å². The van der Waals surface area contributed by atoms with E-state index in [1.54, 1.807) is 7.11 Å². The normalized spacial score (nSPS) is 17.1. The van der Waals surface area contributed by atoms with Crippen LogP contribution in [0.3, 0.4) is 0 Å². The average Bonchev–Trinajstić information content (AvgIpc) is 3.22. The fourth-order valence-electron chi connectivity index (χ4n) is 4.12. The maximum absolute atomic E-state index is 12.6. The van der Waals surface area contributed by atoms with Crippen LogP contribution in [0.2, 0.25) is 0 Å². The first kappa shape index (κ1) is 15.1. The maximum atomic E-state index is 12.6. The Morgan fingerprint density at radius 1 is 1.08 bits per heavy atom. The van der Waals surface area contributed by atoms with Crippen LogP contribution in [-0.4, -0.2) is 29.5 Å². The van der Waals surface area contributed by atoms with Gasteiger partial charge in [0.2, 0.25) is 0 Å². The summed E-state index contributed by atoms with van der Waals surface area (Å²) in [4.78, 5) is 19.3. The van der Waals surface area contributed by atoms with Gasteiger partial charge in [0.15, 0.2) is 0 Å². The van der Waals surface area contributed by atoms with Gasteiger partial charge in [0.05, 0.1) is 7.11 Å². The number of carbonyl (C=O) groups is 1. The van der Waals surface area contributed by atoms with Crippen molar-refractivity contribution in [2.45, 2.75) is 12.3 Å². The number of nitrogens with one attached hydrogen (secondary N) is 3. The molecule has 1 aliphatic rings. The second kappa shape index (κ2) is 5.66. The standard InChI is InChI=1S/C21H19N3O2/c1-26-12-6-7-17-15(10-12)16(11-23-17)13-8-9-22-21(25)20-19(13)14-4-2-3-5-18(14)24-20/h2-7,10-11,13,23-24H,8-9H2,1H3,(H,22,25)/t13-/m0/s1. The molecular formula is C21H19N3O2. The first-order valence-corrected chi connectivity index (χ1v) is 8.80. The Kier molecular flexibility index (Phi) is 3.28. The summed E-state index contributed by atoms with van der Waals surface area (Å²) in [6.07, 6.45) is 2.92. The predicted octanol–water partition coefficient (Wildman–Crippen LogP) is 3.92. The van der Waals surface area contributed by atoms with Crippen molar-refractivity contribution >= 4 is 27.7 Å². The highest BCUT2D eigenvalue weighted by molar-refractivity contribution is 6.02. The molecule has 130 valence electrons. The van der Waals surface area contributed by atoms with Crippen molar-refractivity contribution in [3.8, 4) is 5.75 Å². The number of aromatic nitrogens is 2.